The molecule has 0 aliphatic rings. The summed E-state index contributed by atoms with van der Waals surface area (Å²) in [5, 5.41) is 4.13. The van der Waals surface area contributed by atoms with Gasteiger partial charge in [-0.05, 0) is 33.6 Å². The molecule has 1 aromatic heterocycles. The maximum Gasteiger partial charge on any atom is 0.0364 e. The summed E-state index contributed by atoms with van der Waals surface area (Å²) in [6.45, 7) is 0. The number of benzene rings is 1. The van der Waals surface area contributed by atoms with Crippen LogP contribution in [0.1, 0.15) is 5.56 Å². The molecule has 1 heterocycles. The Labute approximate surface area is 97.2 Å². The fourth-order valence-corrected chi connectivity index (χ4v) is 3.64. The molecule has 2 N–H and O–H groups in total. The number of hydrogen-bond acceptors (Lipinski definition) is 2. The number of halogens is 2. The van der Waals surface area contributed by atoms with E-state index >= 15 is 0 Å². The Morgan fingerprint density at radius 1 is 1.38 bits per heavy atom. The minimum atomic E-state index is 0.797. The molecule has 13 heavy (non-hydrogen) atoms. The van der Waals surface area contributed by atoms with Crippen LogP contribution in [-0.4, -0.2) is 0 Å². The van der Waals surface area contributed by atoms with Crippen molar-refractivity contribution in [3.8, 4) is 0 Å². The van der Waals surface area contributed by atoms with Crippen molar-refractivity contribution in [3.63, 3.8) is 0 Å². The average Bonchev–Trinajstić information content (AvgIpc) is 2.49. The highest BCUT2D eigenvalue weighted by molar-refractivity contribution is 9.10. The largest absolute Gasteiger partial charge is 0.398 e. The lowest BCUT2D eigenvalue weighted by Gasteiger charge is -2.03. The van der Waals surface area contributed by atoms with Crippen LogP contribution >= 0.6 is 43.2 Å². The normalized spacial score (nSPS) is 10.9. The van der Waals surface area contributed by atoms with Crippen molar-refractivity contribution in [3.05, 3.63) is 27.5 Å². The first-order valence-electron chi connectivity index (χ1n) is 3.74. The number of hydrogen-bond donors (Lipinski definition) is 1. The zero-order valence-corrected chi connectivity index (χ0v) is 10.7. The number of anilines is 1. The van der Waals surface area contributed by atoms with Crippen LogP contribution in [0.5, 0.6) is 0 Å². The number of rotatable bonds is 1. The molecule has 0 spiro atoms. The fraction of sp³-hybridized carbons (Fsp3) is 0.111. The van der Waals surface area contributed by atoms with E-state index in [9.17, 15) is 0 Å². The van der Waals surface area contributed by atoms with Gasteiger partial charge in [-0.2, -0.15) is 0 Å². The molecule has 0 bridgehead atoms. The predicted octanol–water partition coefficient (Wildman–Crippen LogP) is 4.14. The average molecular weight is 321 g/mol. The Morgan fingerprint density at radius 3 is 2.85 bits per heavy atom. The topological polar surface area (TPSA) is 26.0 Å². The van der Waals surface area contributed by atoms with Crippen LogP contribution in [0.25, 0.3) is 10.1 Å². The second-order valence-electron chi connectivity index (χ2n) is 2.72. The van der Waals surface area contributed by atoms with Gasteiger partial charge in [-0.25, -0.2) is 0 Å². The highest BCUT2D eigenvalue weighted by atomic mass is 79.9. The number of alkyl halides is 1. The van der Waals surface area contributed by atoms with E-state index in [1.54, 1.807) is 11.3 Å². The molecule has 68 valence electrons. The lowest BCUT2D eigenvalue weighted by molar-refractivity contribution is 1.49. The maximum atomic E-state index is 5.88. The van der Waals surface area contributed by atoms with Crippen LogP contribution in [-0.2, 0) is 5.33 Å². The summed E-state index contributed by atoms with van der Waals surface area (Å²) < 4.78 is 2.41. The molecule has 2 aromatic rings. The first-order chi connectivity index (χ1) is 6.24. The van der Waals surface area contributed by atoms with Crippen LogP contribution < -0.4 is 5.73 Å². The molecule has 0 aliphatic heterocycles. The molecule has 1 nitrogen and oxygen atoms in total. The summed E-state index contributed by atoms with van der Waals surface area (Å²) in [4.78, 5) is 0. The smallest absolute Gasteiger partial charge is 0.0364 e. The van der Waals surface area contributed by atoms with Gasteiger partial charge in [-0.3, -0.25) is 0 Å². The second-order valence-corrected chi connectivity index (χ2v) is 5.05. The number of fused-ring (bicyclic) bond motifs is 1. The monoisotopic (exact) mass is 319 g/mol. The lowest BCUT2D eigenvalue weighted by atomic mass is 10.1. The Bertz CT molecular complexity index is 450. The summed E-state index contributed by atoms with van der Waals surface area (Å²) >= 11 is 8.71. The van der Waals surface area contributed by atoms with E-state index in [-0.39, 0.29) is 0 Å². The highest BCUT2D eigenvalue weighted by Crippen LogP contribution is 2.36. The van der Waals surface area contributed by atoms with E-state index in [0.29, 0.717) is 0 Å². The Balaban J connectivity index is 2.88. The zero-order chi connectivity index (χ0) is 9.42. The summed E-state index contributed by atoms with van der Waals surface area (Å²) in [5.41, 5.74) is 7.90. The summed E-state index contributed by atoms with van der Waals surface area (Å²) in [5.74, 6) is 0. The van der Waals surface area contributed by atoms with Crippen LogP contribution in [0.3, 0.4) is 0 Å². The van der Waals surface area contributed by atoms with Gasteiger partial charge in [0.1, 0.15) is 0 Å². The first kappa shape index (κ1) is 9.49. The van der Waals surface area contributed by atoms with Crippen LogP contribution in [0, 0.1) is 0 Å². The van der Waals surface area contributed by atoms with Crippen LogP contribution in [0.4, 0.5) is 5.69 Å². The SMILES string of the molecule is Nc1ccc2scc(Br)c2c1CBr. The first-order valence-corrected chi connectivity index (χ1v) is 6.53. The summed E-state index contributed by atoms with van der Waals surface area (Å²) in [6, 6.07) is 4.02. The summed E-state index contributed by atoms with van der Waals surface area (Å²) in [7, 11) is 0. The van der Waals surface area contributed by atoms with Crippen LogP contribution in [0.2, 0.25) is 0 Å². The Hall–Kier alpha value is -0.0600. The van der Waals surface area contributed by atoms with Crippen molar-refractivity contribution in [2.75, 3.05) is 5.73 Å². The third kappa shape index (κ3) is 1.51. The zero-order valence-electron chi connectivity index (χ0n) is 6.68. The predicted molar refractivity (Wildman–Crippen MR) is 66.6 cm³/mol. The molecule has 0 unspecified atom stereocenters. The van der Waals surface area contributed by atoms with Gasteiger partial charge >= 0.3 is 0 Å². The third-order valence-corrected chi connectivity index (χ3v) is 4.41. The van der Waals surface area contributed by atoms with Crippen molar-refractivity contribution in [1.82, 2.24) is 0 Å². The molecule has 4 heteroatoms. The number of nitrogens with two attached hydrogens (primary N) is 1. The van der Waals surface area contributed by atoms with Gasteiger partial charge in [-0.1, -0.05) is 15.9 Å². The number of thiophene rings is 1. The van der Waals surface area contributed by atoms with Crippen molar-refractivity contribution in [2.45, 2.75) is 5.33 Å². The molecule has 0 amide bonds. The summed E-state index contributed by atoms with van der Waals surface area (Å²) in [6.07, 6.45) is 0. The molecule has 0 saturated carbocycles. The molecular formula is C9H7Br2NS. The minimum Gasteiger partial charge on any atom is -0.398 e. The van der Waals surface area contributed by atoms with Gasteiger partial charge in [0.2, 0.25) is 0 Å². The molecule has 2 rings (SSSR count). The molecule has 1 aromatic carbocycles. The molecule has 0 atom stereocenters. The standard InChI is InChI=1S/C9H7Br2NS/c10-3-5-7(12)1-2-8-9(5)6(11)4-13-8/h1-2,4H,3,12H2. The quantitative estimate of drug-likeness (QED) is 0.620. The number of nitrogen functional groups attached to an aromatic ring is 1. The van der Waals surface area contributed by atoms with Gasteiger partial charge < -0.3 is 5.73 Å². The second kappa shape index (κ2) is 3.59. The van der Waals surface area contributed by atoms with Gasteiger partial charge in [0.05, 0.1) is 0 Å². The van der Waals surface area contributed by atoms with Crippen LogP contribution in [0.15, 0.2) is 22.0 Å². The fourth-order valence-electron chi connectivity index (χ4n) is 1.32. The van der Waals surface area contributed by atoms with E-state index in [1.807, 2.05) is 6.07 Å². The minimum absolute atomic E-state index is 0.797. The molecule has 0 fully saturated rings. The van der Waals surface area contributed by atoms with E-state index in [4.69, 9.17) is 5.73 Å². The molecular weight excluding hydrogens is 314 g/mol. The van der Waals surface area contributed by atoms with Crippen molar-refractivity contribution >= 4 is 59.0 Å². The van der Waals surface area contributed by atoms with Gasteiger partial charge in [0.15, 0.2) is 0 Å². The molecule has 0 radical (unpaired) electrons. The van der Waals surface area contributed by atoms with E-state index in [0.717, 1.165) is 15.5 Å². The van der Waals surface area contributed by atoms with Gasteiger partial charge in [0, 0.05) is 31.0 Å². The maximum absolute atomic E-state index is 5.88. The van der Waals surface area contributed by atoms with Crippen molar-refractivity contribution in [2.24, 2.45) is 0 Å². The Morgan fingerprint density at radius 2 is 2.15 bits per heavy atom. The highest BCUT2D eigenvalue weighted by Gasteiger charge is 2.08. The van der Waals surface area contributed by atoms with Gasteiger partial charge in [0.25, 0.3) is 0 Å². The lowest BCUT2D eigenvalue weighted by Crippen LogP contribution is -1.91. The van der Waals surface area contributed by atoms with Gasteiger partial charge in [-0.15, -0.1) is 11.3 Å². The van der Waals surface area contributed by atoms with E-state index < -0.39 is 0 Å². The van der Waals surface area contributed by atoms with E-state index in [2.05, 4.69) is 43.3 Å². The third-order valence-electron chi connectivity index (χ3n) is 1.97. The Kier molecular flexibility index (Phi) is 2.62. The van der Waals surface area contributed by atoms with Crippen molar-refractivity contribution in [1.29, 1.82) is 0 Å². The molecule has 0 saturated heterocycles. The van der Waals surface area contributed by atoms with Crippen molar-refractivity contribution < 1.29 is 0 Å². The molecule has 0 aliphatic carbocycles. The van der Waals surface area contributed by atoms with E-state index in [1.165, 1.54) is 15.6 Å².